The monoisotopic (exact) mass is 382 g/mol. The highest BCUT2D eigenvalue weighted by molar-refractivity contribution is 5.89. The molecule has 0 N–H and O–H groups in total. The van der Waals surface area contributed by atoms with Crippen LogP contribution in [0.25, 0.3) is 0 Å². The average Bonchev–Trinajstić information content (AvgIpc) is 3.14. The Morgan fingerprint density at radius 3 is 2.36 bits per heavy atom. The van der Waals surface area contributed by atoms with Crippen molar-refractivity contribution in [1.82, 2.24) is 0 Å². The third-order valence-corrected chi connectivity index (χ3v) is 4.26. The first kappa shape index (κ1) is 19.7. The van der Waals surface area contributed by atoms with Crippen LogP contribution in [0.4, 0.5) is 11.4 Å². The molecule has 0 spiro atoms. The summed E-state index contributed by atoms with van der Waals surface area (Å²) in [4.78, 5) is 23.3. The fraction of sp³-hybridized carbons (Fsp3) is 0.333. The summed E-state index contributed by atoms with van der Waals surface area (Å²) in [5.74, 6) is -0.642. The lowest BCUT2D eigenvalue weighted by Gasteiger charge is -2.08. The van der Waals surface area contributed by atoms with Crippen molar-refractivity contribution in [3.63, 3.8) is 0 Å². The van der Waals surface area contributed by atoms with Crippen LogP contribution in [-0.4, -0.2) is 38.4 Å². The normalized spacial score (nSPS) is 16.3. The van der Waals surface area contributed by atoms with E-state index in [9.17, 15) is 9.59 Å². The summed E-state index contributed by atoms with van der Waals surface area (Å²) < 4.78 is 15.5. The van der Waals surface area contributed by atoms with Crippen molar-refractivity contribution in [3.05, 3.63) is 60.2 Å². The van der Waals surface area contributed by atoms with Gasteiger partial charge in [0.2, 0.25) is 0 Å². The summed E-state index contributed by atoms with van der Waals surface area (Å²) in [7, 11) is 0. The Morgan fingerprint density at radius 2 is 1.68 bits per heavy atom. The lowest BCUT2D eigenvalue weighted by molar-refractivity contribution is -0.141. The summed E-state index contributed by atoms with van der Waals surface area (Å²) >= 11 is 0. The highest BCUT2D eigenvalue weighted by Crippen LogP contribution is 2.19. The maximum Gasteiger partial charge on any atom is 0.338 e. The van der Waals surface area contributed by atoms with Gasteiger partial charge in [-0.3, -0.25) is 4.79 Å². The second kappa shape index (κ2) is 10.3. The van der Waals surface area contributed by atoms with Crippen LogP contribution in [-0.2, 0) is 19.0 Å². The van der Waals surface area contributed by atoms with Crippen molar-refractivity contribution in [3.8, 4) is 0 Å². The molecular formula is C21H22N2O5. The molecule has 1 heterocycles. The Morgan fingerprint density at radius 1 is 0.964 bits per heavy atom. The molecule has 0 radical (unpaired) electrons. The van der Waals surface area contributed by atoms with Crippen molar-refractivity contribution in [2.75, 3.05) is 26.4 Å². The van der Waals surface area contributed by atoms with Crippen molar-refractivity contribution in [2.45, 2.75) is 12.8 Å². The van der Waals surface area contributed by atoms with Crippen LogP contribution < -0.4 is 0 Å². The summed E-state index contributed by atoms with van der Waals surface area (Å²) in [6.07, 6.45) is 1.38. The Kier molecular flexibility index (Phi) is 7.26. The maximum absolute atomic E-state index is 12.0. The Balaban J connectivity index is 1.35. The standard InChI is InChI=1S/C21H22N2O5/c24-20(28-15-14-26-12-10-17-11-13-27-21(17)25)16-6-8-19(9-7-16)23-22-18-4-2-1-3-5-18/h1-9,17H,10-15H2. The minimum atomic E-state index is -0.422. The lowest BCUT2D eigenvalue weighted by atomic mass is 10.1. The zero-order valence-electron chi connectivity index (χ0n) is 15.5. The molecule has 0 aliphatic carbocycles. The number of cyclic esters (lactones) is 1. The summed E-state index contributed by atoms with van der Waals surface area (Å²) in [5.41, 5.74) is 1.84. The van der Waals surface area contributed by atoms with Gasteiger partial charge in [-0.2, -0.15) is 10.2 Å². The van der Waals surface area contributed by atoms with Crippen molar-refractivity contribution >= 4 is 23.3 Å². The third kappa shape index (κ3) is 5.99. The molecule has 0 bridgehead atoms. The first-order chi connectivity index (χ1) is 13.7. The van der Waals surface area contributed by atoms with Gasteiger partial charge in [-0.1, -0.05) is 18.2 Å². The number of esters is 2. The Labute approximate surface area is 163 Å². The molecule has 0 aromatic heterocycles. The number of hydrogen-bond acceptors (Lipinski definition) is 7. The lowest BCUT2D eigenvalue weighted by Crippen LogP contribution is -2.14. The zero-order valence-corrected chi connectivity index (χ0v) is 15.5. The first-order valence-electron chi connectivity index (χ1n) is 9.21. The van der Waals surface area contributed by atoms with Gasteiger partial charge in [-0.15, -0.1) is 0 Å². The van der Waals surface area contributed by atoms with Crippen LogP contribution >= 0.6 is 0 Å². The molecule has 0 saturated carbocycles. The number of rotatable bonds is 9. The molecular weight excluding hydrogens is 360 g/mol. The van der Waals surface area contributed by atoms with Gasteiger partial charge in [0, 0.05) is 6.61 Å². The largest absolute Gasteiger partial charge is 0.465 e. The molecule has 1 atom stereocenters. The average molecular weight is 382 g/mol. The second-order valence-electron chi connectivity index (χ2n) is 6.27. The zero-order chi connectivity index (χ0) is 19.6. The fourth-order valence-electron chi connectivity index (χ4n) is 2.68. The molecule has 1 aliphatic heterocycles. The molecule has 3 rings (SSSR count). The van der Waals surface area contributed by atoms with Gasteiger partial charge < -0.3 is 14.2 Å². The van der Waals surface area contributed by atoms with E-state index in [-0.39, 0.29) is 25.1 Å². The molecule has 28 heavy (non-hydrogen) atoms. The summed E-state index contributed by atoms with van der Waals surface area (Å²) in [6.45, 7) is 1.38. The minimum absolute atomic E-state index is 0.0693. The number of nitrogens with zero attached hydrogens (tertiary/aromatic N) is 2. The highest BCUT2D eigenvalue weighted by Gasteiger charge is 2.25. The van der Waals surface area contributed by atoms with Gasteiger partial charge in [-0.05, 0) is 49.2 Å². The number of benzene rings is 2. The van der Waals surface area contributed by atoms with Crippen LogP contribution in [0.1, 0.15) is 23.2 Å². The first-order valence-corrected chi connectivity index (χ1v) is 9.21. The van der Waals surface area contributed by atoms with E-state index in [1.165, 1.54) is 0 Å². The van der Waals surface area contributed by atoms with E-state index in [0.717, 1.165) is 12.1 Å². The third-order valence-electron chi connectivity index (χ3n) is 4.26. The van der Waals surface area contributed by atoms with Crippen LogP contribution in [0.2, 0.25) is 0 Å². The fourth-order valence-corrected chi connectivity index (χ4v) is 2.68. The molecule has 1 unspecified atom stereocenters. The molecule has 1 saturated heterocycles. The van der Waals surface area contributed by atoms with Crippen LogP contribution in [0, 0.1) is 5.92 Å². The highest BCUT2D eigenvalue weighted by atomic mass is 16.6. The number of carbonyl (C=O) groups is 2. The van der Waals surface area contributed by atoms with E-state index in [0.29, 0.717) is 30.9 Å². The number of ether oxygens (including phenoxy) is 3. The molecule has 146 valence electrons. The predicted molar refractivity (Wildman–Crippen MR) is 102 cm³/mol. The molecule has 7 heteroatoms. The number of azo groups is 1. The second-order valence-corrected chi connectivity index (χ2v) is 6.27. The summed E-state index contributed by atoms with van der Waals surface area (Å²) in [6, 6.07) is 16.1. The van der Waals surface area contributed by atoms with Gasteiger partial charge in [0.25, 0.3) is 0 Å². The van der Waals surface area contributed by atoms with Crippen molar-refractivity contribution in [1.29, 1.82) is 0 Å². The number of hydrogen-bond donors (Lipinski definition) is 0. The van der Waals surface area contributed by atoms with Crippen LogP contribution in [0.3, 0.4) is 0 Å². The topological polar surface area (TPSA) is 86.5 Å². The SMILES string of the molecule is O=C(OCCOCCC1CCOC1=O)c1ccc(N=Nc2ccccc2)cc1. The molecule has 2 aromatic rings. The molecule has 1 fully saturated rings. The quantitative estimate of drug-likeness (QED) is 0.368. The van der Waals surface area contributed by atoms with Crippen molar-refractivity contribution < 1.29 is 23.8 Å². The molecule has 1 aliphatic rings. The molecule has 0 amide bonds. The number of carbonyl (C=O) groups excluding carboxylic acids is 2. The van der Waals surface area contributed by atoms with E-state index < -0.39 is 5.97 Å². The molecule has 2 aromatic carbocycles. The molecule has 7 nitrogen and oxygen atoms in total. The minimum Gasteiger partial charge on any atom is -0.465 e. The van der Waals surface area contributed by atoms with Gasteiger partial charge in [0.15, 0.2) is 0 Å². The van der Waals surface area contributed by atoms with Crippen molar-refractivity contribution in [2.24, 2.45) is 16.1 Å². The van der Waals surface area contributed by atoms with Crippen LogP contribution in [0.5, 0.6) is 0 Å². The van der Waals surface area contributed by atoms with Gasteiger partial charge in [0.1, 0.15) is 6.61 Å². The Hall–Kier alpha value is -3.06. The van der Waals surface area contributed by atoms with Gasteiger partial charge >= 0.3 is 11.9 Å². The van der Waals surface area contributed by atoms with E-state index in [1.54, 1.807) is 24.3 Å². The van der Waals surface area contributed by atoms with E-state index in [2.05, 4.69) is 10.2 Å². The maximum atomic E-state index is 12.0. The smallest absolute Gasteiger partial charge is 0.338 e. The van der Waals surface area contributed by atoms with E-state index >= 15 is 0 Å². The van der Waals surface area contributed by atoms with Gasteiger partial charge in [0.05, 0.1) is 36.1 Å². The Bertz CT molecular complexity index is 805. The van der Waals surface area contributed by atoms with E-state index in [4.69, 9.17) is 14.2 Å². The summed E-state index contributed by atoms with van der Waals surface area (Å²) in [5, 5.41) is 8.26. The predicted octanol–water partition coefficient (Wildman–Crippen LogP) is 4.23. The van der Waals surface area contributed by atoms with E-state index in [1.807, 2.05) is 30.3 Å². The van der Waals surface area contributed by atoms with Gasteiger partial charge in [-0.25, -0.2) is 4.79 Å². The van der Waals surface area contributed by atoms with Crippen LogP contribution in [0.15, 0.2) is 64.8 Å².